The van der Waals surface area contributed by atoms with Crippen LogP contribution in [0, 0.1) is 5.92 Å². The molecule has 0 radical (unpaired) electrons. The Kier molecular flexibility index (Phi) is 3.05. The van der Waals surface area contributed by atoms with Crippen LogP contribution in [0.5, 0.6) is 0 Å². The van der Waals surface area contributed by atoms with Gasteiger partial charge in [0.2, 0.25) is 5.91 Å². The van der Waals surface area contributed by atoms with Gasteiger partial charge in [-0.1, -0.05) is 48.5 Å². The van der Waals surface area contributed by atoms with E-state index in [1.54, 1.807) is 0 Å². The molecule has 19 heavy (non-hydrogen) atoms. The van der Waals surface area contributed by atoms with Crippen LogP contribution in [0.15, 0.2) is 54.6 Å². The normalized spacial score (nSPS) is 21.6. The van der Waals surface area contributed by atoms with Crippen LogP contribution in [0.2, 0.25) is 0 Å². The molecule has 96 valence electrons. The molecular formula is C16H15NO2. The van der Waals surface area contributed by atoms with E-state index < -0.39 is 5.92 Å². The Morgan fingerprint density at radius 3 is 2.42 bits per heavy atom. The molecular weight excluding hydrogens is 238 g/mol. The molecule has 1 amide bonds. The lowest BCUT2D eigenvalue weighted by molar-refractivity contribution is -0.121. The third kappa shape index (κ3) is 2.02. The second kappa shape index (κ2) is 4.86. The molecule has 1 aliphatic rings. The van der Waals surface area contributed by atoms with E-state index in [-0.39, 0.29) is 18.4 Å². The van der Waals surface area contributed by atoms with Gasteiger partial charge in [-0.15, -0.1) is 0 Å². The molecule has 2 aromatic rings. The van der Waals surface area contributed by atoms with Gasteiger partial charge >= 0.3 is 0 Å². The minimum Gasteiger partial charge on any atom is -0.396 e. The predicted octanol–water partition coefficient (Wildman–Crippen LogP) is 2.38. The SMILES string of the molecule is O=C1Nc2ccccc2C(c2ccccc2)C1CO. The first kappa shape index (κ1) is 11.9. The highest BCUT2D eigenvalue weighted by atomic mass is 16.3. The average Bonchev–Trinajstić information content (AvgIpc) is 2.46. The Labute approximate surface area is 111 Å². The van der Waals surface area contributed by atoms with E-state index in [0.29, 0.717) is 0 Å². The third-order valence-electron chi connectivity index (χ3n) is 3.65. The molecule has 0 spiro atoms. The summed E-state index contributed by atoms with van der Waals surface area (Å²) in [4.78, 5) is 12.1. The van der Waals surface area contributed by atoms with Crippen molar-refractivity contribution in [3.8, 4) is 0 Å². The summed E-state index contributed by atoms with van der Waals surface area (Å²) in [6, 6.07) is 17.6. The molecule has 1 heterocycles. The van der Waals surface area contributed by atoms with Crippen LogP contribution >= 0.6 is 0 Å². The smallest absolute Gasteiger partial charge is 0.230 e. The lowest BCUT2D eigenvalue weighted by Crippen LogP contribution is -2.36. The number of carbonyl (C=O) groups excluding carboxylic acids is 1. The van der Waals surface area contributed by atoms with Crippen molar-refractivity contribution in [2.75, 3.05) is 11.9 Å². The topological polar surface area (TPSA) is 49.3 Å². The minimum atomic E-state index is -0.433. The third-order valence-corrected chi connectivity index (χ3v) is 3.65. The van der Waals surface area contributed by atoms with Gasteiger partial charge in [-0.25, -0.2) is 0 Å². The second-order valence-corrected chi connectivity index (χ2v) is 4.75. The molecule has 2 atom stereocenters. The Morgan fingerprint density at radius 1 is 1.00 bits per heavy atom. The van der Waals surface area contributed by atoms with Crippen LogP contribution < -0.4 is 5.32 Å². The number of nitrogens with one attached hydrogen (secondary N) is 1. The van der Waals surface area contributed by atoms with Crippen LogP contribution in [0.1, 0.15) is 17.0 Å². The van der Waals surface area contributed by atoms with E-state index in [2.05, 4.69) is 5.32 Å². The molecule has 2 N–H and O–H groups in total. The molecule has 3 heteroatoms. The van der Waals surface area contributed by atoms with Crippen molar-refractivity contribution in [1.29, 1.82) is 0 Å². The number of anilines is 1. The Bertz CT molecular complexity index is 595. The maximum atomic E-state index is 12.1. The maximum absolute atomic E-state index is 12.1. The number of hydrogen-bond acceptors (Lipinski definition) is 2. The van der Waals surface area contributed by atoms with Gasteiger partial charge in [0, 0.05) is 11.6 Å². The summed E-state index contributed by atoms with van der Waals surface area (Å²) >= 11 is 0. The molecule has 0 aromatic heterocycles. The highest BCUT2D eigenvalue weighted by Crippen LogP contribution is 2.40. The molecule has 0 saturated carbocycles. The molecule has 1 aliphatic heterocycles. The highest BCUT2D eigenvalue weighted by Gasteiger charge is 2.35. The van der Waals surface area contributed by atoms with Crippen LogP contribution in [-0.4, -0.2) is 17.6 Å². The average molecular weight is 253 g/mol. The molecule has 0 bridgehead atoms. The number of para-hydroxylation sites is 1. The summed E-state index contributed by atoms with van der Waals surface area (Å²) in [5, 5.41) is 12.4. The number of aliphatic hydroxyl groups is 1. The van der Waals surface area contributed by atoms with E-state index in [1.807, 2.05) is 54.6 Å². The zero-order valence-electron chi connectivity index (χ0n) is 10.4. The first-order valence-electron chi connectivity index (χ1n) is 6.37. The van der Waals surface area contributed by atoms with E-state index in [0.717, 1.165) is 16.8 Å². The van der Waals surface area contributed by atoms with Gasteiger partial charge in [0.05, 0.1) is 12.5 Å². The standard InChI is InChI=1S/C16H15NO2/c18-10-13-15(11-6-2-1-3-7-11)12-8-4-5-9-14(12)17-16(13)19/h1-9,13,15,18H,10H2,(H,17,19). The van der Waals surface area contributed by atoms with E-state index in [9.17, 15) is 9.90 Å². The highest BCUT2D eigenvalue weighted by molar-refractivity contribution is 5.97. The van der Waals surface area contributed by atoms with Crippen LogP contribution in [0.25, 0.3) is 0 Å². The number of hydrogen-bond donors (Lipinski definition) is 2. The van der Waals surface area contributed by atoms with Gasteiger partial charge in [0.25, 0.3) is 0 Å². The quantitative estimate of drug-likeness (QED) is 0.863. The summed E-state index contributed by atoms with van der Waals surface area (Å²) in [5.41, 5.74) is 2.96. The number of amides is 1. The van der Waals surface area contributed by atoms with Gasteiger partial charge in [-0.2, -0.15) is 0 Å². The summed E-state index contributed by atoms with van der Waals surface area (Å²) in [5.74, 6) is -0.636. The van der Waals surface area contributed by atoms with E-state index >= 15 is 0 Å². The number of rotatable bonds is 2. The van der Waals surface area contributed by atoms with E-state index in [4.69, 9.17) is 0 Å². The first-order chi connectivity index (χ1) is 9.31. The summed E-state index contributed by atoms with van der Waals surface area (Å²) in [6.45, 7) is -0.153. The summed E-state index contributed by atoms with van der Waals surface area (Å²) in [6.07, 6.45) is 0. The fourth-order valence-corrected chi connectivity index (χ4v) is 2.74. The molecule has 3 nitrogen and oxygen atoms in total. The summed E-state index contributed by atoms with van der Waals surface area (Å²) < 4.78 is 0. The van der Waals surface area contributed by atoms with Crippen LogP contribution in [0.4, 0.5) is 5.69 Å². The molecule has 0 saturated heterocycles. The fraction of sp³-hybridized carbons (Fsp3) is 0.188. The van der Waals surface area contributed by atoms with Gasteiger partial charge in [-0.05, 0) is 17.2 Å². The summed E-state index contributed by atoms with van der Waals surface area (Å²) in [7, 11) is 0. The maximum Gasteiger partial charge on any atom is 0.230 e. The largest absolute Gasteiger partial charge is 0.396 e. The predicted molar refractivity (Wildman–Crippen MR) is 73.9 cm³/mol. The number of benzene rings is 2. The molecule has 3 rings (SSSR count). The first-order valence-corrected chi connectivity index (χ1v) is 6.37. The van der Waals surface area contributed by atoms with Gasteiger partial charge in [0.15, 0.2) is 0 Å². The zero-order valence-corrected chi connectivity index (χ0v) is 10.4. The van der Waals surface area contributed by atoms with Gasteiger partial charge in [-0.3, -0.25) is 4.79 Å². The second-order valence-electron chi connectivity index (χ2n) is 4.75. The van der Waals surface area contributed by atoms with Crippen molar-refractivity contribution in [2.24, 2.45) is 5.92 Å². The lowest BCUT2D eigenvalue weighted by Gasteiger charge is -2.32. The van der Waals surface area contributed by atoms with Gasteiger partial charge < -0.3 is 10.4 Å². The number of carbonyl (C=O) groups is 1. The van der Waals surface area contributed by atoms with Crippen molar-refractivity contribution in [2.45, 2.75) is 5.92 Å². The monoisotopic (exact) mass is 253 g/mol. The number of fused-ring (bicyclic) bond motifs is 1. The fourth-order valence-electron chi connectivity index (χ4n) is 2.74. The zero-order chi connectivity index (χ0) is 13.2. The van der Waals surface area contributed by atoms with Gasteiger partial charge in [0.1, 0.15) is 0 Å². The minimum absolute atomic E-state index is 0.0869. The number of aliphatic hydroxyl groups excluding tert-OH is 1. The molecule has 2 aromatic carbocycles. The van der Waals surface area contributed by atoms with Crippen molar-refractivity contribution in [3.05, 3.63) is 65.7 Å². The molecule has 0 fully saturated rings. The Hall–Kier alpha value is -2.13. The molecule has 2 unspecified atom stereocenters. The Balaban J connectivity index is 2.15. The van der Waals surface area contributed by atoms with E-state index in [1.165, 1.54) is 0 Å². The van der Waals surface area contributed by atoms with Crippen molar-refractivity contribution in [1.82, 2.24) is 0 Å². The van der Waals surface area contributed by atoms with Crippen LogP contribution in [0.3, 0.4) is 0 Å². The van der Waals surface area contributed by atoms with Crippen molar-refractivity contribution in [3.63, 3.8) is 0 Å². The lowest BCUT2D eigenvalue weighted by atomic mass is 9.77. The van der Waals surface area contributed by atoms with Crippen molar-refractivity contribution >= 4 is 11.6 Å². The van der Waals surface area contributed by atoms with Crippen LogP contribution in [-0.2, 0) is 4.79 Å². The van der Waals surface area contributed by atoms with Crippen molar-refractivity contribution < 1.29 is 9.90 Å². The molecule has 0 aliphatic carbocycles. The Morgan fingerprint density at radius 2 is 1.68 bits per heavy atom.